The summed E-state index contributed by atoms with van der Waals surface area (Å²) < 4.78 is 7.76. The highest BCUT2D eigenvalue weighted by Gasteiger charge is 2.21. The standard InChI is InChI=1S/C33H36N6O5/c1-19-23(24-9-7-11-27(20(24)2)36-30(41)26-18-38(3)33(43)39(4)32(26)42)8-6-10-25(19)28-14-12-21(31(37-28)44-5)16-34-17-22-13-15-29(40)35-22/h6-12,14,18,22,34H,13,15-17H2,1-5H3,(H,35,40)(H,36,41)/t22-/m0/s1. The first-order valence-corrected chi connectivity index (χ1v) is 14.4. The molecule has 0 bridgehead atoms. The van der Waals surface area contributed by atoms with Crippen molar-refractivity contribution in [3.63, 3.8) is 0 Å². The van der Waals surface area contributed by atoms with Gasteiger partial charge in [0.1, 0.15) is 5.56 Å². The number of methoxy groups -OCH3 is 1. The van der Waals surface area contributed by atoms with Gasteiger partial charge in [-0.1, -0.05) is 36.4 Å². The molecule has 0 unspecified atom stereocenters. The van der Waals surface area contributed by atoms with Gasteiger partial charge in [-0.05, 0) is 54.7 Å². The number of ether oxygens (including phenoxy) is 1. The molecule has 1 saturated heterocycles. The smallest absolute Gasteiger partial charge is 0.330 e. The molecule has 0 aliphatic carbocycles. The van der Waals surface area contributed by atoms with Crippen LogP contribution >= 0.6 is 0 Å². The number of rotatable bonds is 9. The van der Waals surface area contributed by atoms with Gasteiger partial charge in [-0.25, -0.2) is 9.78 Å². The molecule has 1 aliphatic rings. The van der Waals surface area contributed by atoms with Crippen LogP contribution in [0.25, 0.3) is 22.4 Å². The average Bonchev–Trinajstić information content (AvgIpc) is 3.44. The van der Waals surface area contributed by atoms with Gasteiger partial charge >= 0.3 is 5.69 Å². The average molecular weight is 597 g/mol. The summed E-state index contributed by atoms with van der Waals surface area (Å²) in [5.41, 5.74) is 5.62. The Labute approximate surface area is 254 Å². The predicted octanol–water partition coefficient (Wildman–Crippen LogP) is 3.06. The van der Waals surface area contributed by atoms with E-state index in [1.54, 1.807) is 13.2 Å². The van der Waals surface area contributed by atoms with Crippen molar-refractivity contribution in [2.45, 2.75) is 39.3 Å². The van der Waals surface area contributed by atoms with Crippen LogP contribution in [0.5, 0.6) is 5.88 Å². The summed E-state index contributed by atoms with van der Waals surface area (Å²) in [4.78, 5) is 54.1. The Hall–Kier alpha value is -5.03. The van der Waals surface area contributed by atoms with E-state index >= 15 is 0 Å². The van der Waals surface area contributed by atoms with Crippen LogP contribution in [0, 0.1) is 13.8 Å². The van der Waals surface area contributed by atoms with Crippen LogP contribution in [0.2, 0.25) is 0 Å². The largest absolute Gasteiger partial charge is 0.481 e. The number of carbonyl (C=O) groups is 2. The van der Waals surface area contributed by atoms with E-state index in [-0.39, 0.29) is 17.5 Å². The van der Waals surface area contributed by atoms with E-state index in [9.17, 15) is 19.2 Å². The number of nitrogens with one attached hydrogen (secondary N) is 3. The second-order valence-electron chi connectivity index (χ2n) is 11.0. The van der Waals surface area contributed by atoms with E-state index in [0.29, 0.717) is 31.1 Å². The number of carbonyl (C=O) groups excluding carboxylic acids is 2. The van der Waals surface area contributed by atoms with Crippen molar-refractivity contribution in [1.82, 2.24) is 24.8 Å². The lowest BCUT2D eigenvalue weighted by Crippen LogP contribution is -2.40. The van der Waals surface area contributed by atoms with Crippen molar-refractivity contribution in [2.24, 2.45) is 14.1 Å². The predicted molar refractivity (Wildman–Crippen MR) is 169 cm³/mol. The minimum absolute atomic E-state index is 0.0954. The van der Waals surface area contributed by atoms with Crippen LogP contribution in [-0.4, -0.2) is 45.6 Å². The molecule has 1 fully saturated rings. The first-order chi connectivity index (χ1) is 21.1. The number of aryl methyl sites for hydroxylation is 1. The van der Waals surface area contributed by atoms with E-state index in [1.165, 1.54) is 24.9 Å². The molecule has 0 radical (unpaired) electrons. The fraction of sp³-hybridized carbons (Fsp3) is 0.303. The molecule has 0 saturated carbocycles. The van der Waals surface area contributed by atoms with Gasteiger partial charge in [0.15, 0.2) is 0 Å². The first kappa shape index (κ1) is 30.4. The quantitative estimate of drug-likeness (QED) is 0.270. The summed E-state index contributed by atoms with van der Waals surface area (Å²) >= 11 is 0. The summed E-state index contributed by atoms with van der Waals surface area (Å²) in [5, 5.41) is 9.20. The first-order valence-electron chi connectivity index (χ1n) is 14.4. The maximum Gasteiger partial charge on any atom is 0.330 e. The van der Waals surface area contributed by atoms with Crippen LogP contribution in [0.1, 0.15) is 39.9 Å². The molecule has 11 nitrogen and oxygen atoms in total. The Bertz CT molecular complexity index is 1880. The van der Waals surface area contributed by atoms with E-state index in [4.69, 9.17) is 9.72 Å². The van der Waals surface area contributed by atoms with Crippen molar-refractivity contribution in [1.29, 1.82) is 0 Å². The Balaban J connectivity index is 1.40. The molecule has 228 valence electrons. The zero-order valence-electron chi connectivity index (χ0n) is 25.5. The SMILES string of the molecule is COc1nc(-c2cccc(-c3cccc(NC(=O)c4cn(C)c(=O)n(C)c4=O)c3C)c2C)ccc1CNC[C@@H]1CCC(=O)N1. The highest BCUT2D eigenvalue weighted by Crippen LogP contribution is 2.35. The Morgan fingerprint density at radius 1 is 1.00 bits per heavy atom. The maximum atomic E-state index is 13.1. The Morgan fingerprint density at radius 3 is 2.41 bits per heavy atom. The zero-order valence-corrected chi connectivity index (χ0v) is 25.5. The fourth-order valence-corrected chi connectivity index (χ4v) is 5.56. The molecule has 44 heavy (non-hydrogen) atoms. The van der Waals surface area contributed by atoms with Crippen molar-refractivity contribution in [3.8, 4) is 28.3 Å². The van der Waals surface area contributed by atoms with Crippen molar-refractivity contribution in [3.05, 3.63) is 97.8 Å². The number of amides is 2. The third-order valence-corrected chi connectivity index (χ3v) is 8.10. The van der Waals surface area contributed by atoms with Gasteiger partial charge in [-0.2, -0.15) is 0 Å². The minimum atomic E-state index is -0.657. The van der Waals surface area contributed by atoms with Gasteiger partial charge in [0.25, 0.3) is 11.5 Å². The van der Waals surface area contributed by atoms with Crippen molar-refractivity contribution in [2.75, 3.05) is 19.0 Å². The minimum Gasteiger partial charge on any atom is -0.481 e. The molecule has 1 aliphatic heterocycles. The molecule has 5 rings (SSSR count). The van der Waals surface area contributed by atoms with Gasteiger partial charge < -0.3 is 25.3 Å². The monoisotopic (exact) mass is 596 g/mol. The zero-order chi connectivity index (χ0) is 31.5. The number of aromatic nitrogens is 3. The lowest BCUT2D eigenvalue weighted by Gasteiger charge is -2.17. The van der Waals surface area contributed by atoms with Crippen LogP contribution < -0.4 is 31.9 Å². The highest BCUT2D eigenvalue weighted by atomic mass is 16.5. The topological polar surface area (TPSA) is 136 Å². The Kier molecular flexibility index (Phi) is 8.77. The second kappa shape index (κ2) is 12.7. The molecule has 1 atom stereocenters. The third-order valence-electron chi connectivity index (χ3n) is 8.10. The number of benzene rings is 2. The summed E-state index contributed by atoms with van der Waals surface area (Å²) in [7, 11) is 4.44. The van der Waals surface area contributed by atoms with Gasteiger partial charge in [-0.3, -0.25) is 19.0 Å². The number of hydrogen-bond acceptors (Lipinski definition) is 7. The van der Waals surface area contributed by atoms with Gasteiger partial charge in [0, 0.05) is 62.7 Å². The van der Waals surface area contributed by atoms with E-state index in [1.807, 2.05) is 56.3 Å². The molecule has 11 heteroatoms. The molecule has 3 heterocycles. The molecule has 2 aromatic heterocycles. The van der Waals surface area contributed by atoms with Gasteiger partial charge in [0.2, 0.25) is 11.8 Å². The number of pyridine rings is 1. The molecule has 4 aromatic rings. The van der Waals surface area contributed by atoms with Crippen molar-refractivity contribution < 1.29 is 14.3 Å². The van der Waals surface area contributed by atoms with Gasteiger partial charge in [-0.15, -0.1) is 0 Å². The van der Waals surface area contributed by atoms with E-state index in [2.05, 4.69) is 16.0 Å². The summed E-state index contributed by atoms with van der Waals surface area (Å²) in [6.07, 6.45) is 2.66. The molecular weight excluding hydrogens is 560 g/mol. The van der Waals surface area contributed by atoms with Crippen molar-refractivity contribution >= 4 is 17.5 Å². The number of anilines is 1. The van der Waals surface area contributed by atoms with Crippen LogP contribution in [0.3, 0.4) is 0 Å². The summed E-state index contributed by atoms with van der Waals surface area (Å²) in [6, 6.07) is 15.7. The third kappa shape index (κ3) is 6.04. The Morgan fingerprint density at radius 2 is 1.70 bits per heavy atom. The maximum absolute atomic E-state index is 13.1. The normalized spacial score (nSPS) is 14.4. The van der Waals surface area contributed by atoms with Crippen LogP contribution in [0.15, 0.2) is 64.3 Å². The molecule has 2 amide bonds. The van der Waals surface area contributed by atoms with E-state index in [0.717, 1.165) is 50.1 Å². The lowest BCUT2D eigenvalue weighted by molar-refractivity contribution is -0.119. The molecular formula is C33H36N6O5. The number of nitrogens with zero attached hydrogens (tertiary/aromatic N) is 3. The molecule has 2 aromatic carbocycles. The van der Waals surface area contributed by atoms with Gasteiger partial charge in [0.05, 0.1) is 12.8 Å². The molecule has 0 spiro atoms. The second-order valence-corrected chi connectivity index (χ2v) is 11.0. The lowest BCUT2D eigenvalue weighted by atomic mass is 9.91. The summed E-state index contributed by atoms with van der Waals surface area (Å²) in [5.74, 6) is 0.0320. The molecule has 3 N–H and O–H groups in total. The number of hydrogen-bond donors (Lipinski definition) is 3. The van der Waals surface area contributed by atoms with Crippen LogP contribution in [0.4, 0.5) is 5.69 Å². The fourth-order valence-electron chi connectivity index (χ4n) is 5.56. The van der Waals surface area contributed by atoms with Crippen LogP contribution in [-0.2, 0) is 25.4 Å². The summed E-state index contributed by atoms with van der Waals surface area (Å²) in [6.45, 7) is 5.18. The highest BCUT2D eigenvalue weighted by molar-refractivity contribution is 6.04. The van der Waals surface area contributed by atoms with E-state index < -0.39 is 17.2 Å².